The van der Waals surface area contributed by atoms with Crippen molar-refractivity contribution < 1.29 is 17.9 Å². The third-order valence-corrected chi connectivity index (χ3v) is 3.35. The molecule has 0 heterocycles. The Balaban J connectivity index is 2.22. The van der Waals surface area contributed by atoms with Gasteiger partial charge in [-0.1, -0.05) is 0 Å². The molecule has 0 spiro atoms. The molecule has 1 aromatic carbocycles. The van der Waals surface area contributed by atoms with Crippen molar-refractivity contribution in [1.82, 2.24) is 0 Å². The summed E-state index contributed by atoms with van der Waals surface area (Å²) in [4.78, 5) is 0. The molecule has 0 unspecified atom stereocenters. The molecule has 0 aliphatic rings. The highest BCUT2D eigenvalue weighted by Gasteiger charge is 2.04. The normalized spacial score (nSPS) is 11.2. The van der Waals surface area contributed by atoms with Gasteiger partial charge in [0.25, 0.3) is 0 Å². The van der Waals surface area contributed by atoms with Gasteiger partial charge in [0.2, 0.25) is 9.05 Å². The Morgan fingerprint density at radius 3 is 2.24 bits per heavy atom. The summed E-state index contributed by atoms with van der Waals surface area (Å²) in [5.74, 6) is 1.49. The van der Waals surface area contributed by atoms with E-state index >= 15 is 0 Å². The second kappa shape index (κ2) is 6.71. The highest BCUT2D eigenvalue weighted by molar-refractivity contribution is 8.13. The lowest BCUT2D eigenvalue weighted by molar-refractivity contribution is 0.309. The van der Waals surface area contributed by atoms with Gasteiger partial charge in [-0.3, -0.25) is 0 Å². The summed E-state index contributed by atoms with van der Waals surface area (Å²) < 4.78 is 31.7. The molecule has 0 aliphatic carbocycles. The van der Waals surface area contributed by atoms with Crippen LogP contribution < -0.4 is 9.47 Å². The summed E-state index contributed by atoms with van der Waals surface area (Å²) in [7, 11) is 3.30. The van der Waals surface area contributed by atoms with E-state index in [0.29, 0.717) is 19.4 Å². The van der Waals surface area contributed by atoms with Crippen LogP contribution in [0.1, 0.15) is 12.8 Å². The molecule has 96 valence electrons. The van der Waals surface area contributed by atoms with E-state index in [1.165, 1.54) is 0 Å². The molecular weight excluding hydrogens is 264 g/mol. The predicted molar refractivity (Wildman–Crippen MR) is 67.4 cm³/mol. The van der Waals surface area contributed by atoms with Crippen LogP contribution in [-0.4, -0.2) is 27.9 Å². The zero-order valence-electron chi connectivity index (χ0n) is 9.56. The molecule has 0 fully saturated rings. The topological polar surface area (TPSA) is 52.6 Å². The SMILES string of the molecule is COc1ccc(OCCCCS(=O)(=O)Cl)cc1. The standard InChI is InChI=1S/C11H15ClO4S/c1-15-10-4-6-11(7-5-10)16-8-2-3-9-17(12,13)14/h4-7H,2-3,8-9H2,1H3. The molecule has 6 heteroatoms. The van der Waals surface area contributed by atoms with Gasteiger partial charge in [-0.25, -0.2) is 8.42 Å². The molecule has 0 radical (unpaired) electrons. The number of hydrogen-bond donors (Lipinski definition) is 0. The molecular formula is C11H15ClO4S. The van der Waals surface area contributed by atoms with Crippen molar-refractivity contribution >= 4 is 19.7 Å². The first kappa shape index (κ1) is 14.1. The maximum atomic E-state index is 10.6. The van der Waals surface area contributed by atoms with Crippen LogP contribution in [0.2, 0.25) is 0 Å². The molecule has 0 saturated heterocycles. The molecule has 0 bridgehead atoms. The zero-order chi connectivity index (χ0) is 12.7. The van der Waals surface area contributed by atoms with Crippen molar-refractivity contribution in [3.63, 3.8) is 0 Å². The summed E-state index contributed by atoms with van der Waals surface area (Å²) in [6.45, 7) is 0.471. The predicted octanol–water partition coefficient (Wildman–Crippen LogP) is 2.42. The van der Waals surface area contributed by atoms with Gasteiger partial charge in [-0.2, -0.15) is 0 Å². The third-order valence-electron chi connectivity index (χ3n) is 2.11. The van der Waals surface area contributed by atoms with Crippen molar-refractivity contribution in [3.05, 3.63) is 24.3 Å². The molecule has 1 aromatic rings. The van der Waals surface area contributed by atoms with Gasteiger partial charge in [0.15, 0.2) is 0 Å². The monoisotopic (exact) mass is 278 g/mol. The summed E-state index contributed by atoms with van der Waals surface area (Å²) in [5.41, 5.74) is 0. The number of hydrogen-bond acceptors (Lipinski definition) is 4. The van der Waals surface area contributed by atoms with E-state index in [1.54, 1.807) is 31.4 Å². The van der Waals surface area contributed by atoms with Gasteiger partial charge in [-0.15, -0.1) is 0 Å². The lowest BCUT2D eigenvalue weighted by Gasteiger charge is -2.06. The molecule has 0 atom stereocenters. The van der Waals surface area contributed by atoms with Gasteiger partial charge in [0, 0.05) is 10.7 Å². The van der Waals surface area contributed by atoms with Crippen LogP contribution in [0.4, 0.5) is 0 Å². The van der Waals surface area contributed by atoms with Crippen LogP contribution in [0.15, 0.2) is 24.3 Å². The van der Waals surface area contributed by atoms with E-state index in [2.05, 4.69) is 0 Å². The second-order valence-electron chi connectivity index (χ2n) is 3.47. The molecule has 1 rings (SSSR count). The number of rotatable bonds is 7. The number of unbranched alkanes of at least 4 members (excludes halogenated alkanes) is 1. The van der Waals surface area contributed by atoms with E-state index in [-0.39, 0.29) is 5.75 Å². The van der Waals surface area contributed by atoms with E-state index < -0.39 is 9.05 Å². The van der Waals surface area contributed by atoms with Crippen LogP contribution >= 0.6 is 10.7 Å². The Labute approximate surface area is 106 Å². The van der Waals surface area contributed by atoms with Gasteiger partial charge in [0.1, 0.15) is 11.5 Å². The summed E-state index contributed by atoms with van der Waals surface area (Å²) >= 11 is 0. The fraction of sp³-hybridized carbons (Fsp3) is 0.455. The first-order chi connectivity index (χ1) is 8.01. The van der Waals surface area contributed by atoms with Crippen LogP contribution in [0, 0.1) is 0 Å². The lowest BCUT2D eigenvalue weighted by Crippen LogP contribution is -2.02. The third kappa shape index (κ3) is 6.38. The molecule has 0 saturated carbocycles. The number of halogens is 1. The van der Waals surface area contributed by atoms with E-state index in [9.17, 15) is 8.42 Å². The fourth-order valence-corrected chi connectivity index (χ4v) is 2.11. The molecule has 0 N–H and O–H groups in total. The minimum atomic E-state index is -3.38. The summed E-state index contributed by atoms with van der Waals surface area (Å²) in [5, 5.41) is 0. The average molecular weight is 279 g/mol. The van der Waals surface area contributed by atoms with Crippen molar-refractivity contribution in [2.24, 2.45) is 0 Å². The number of benzene rings is 1. The van der Waals surface area contributed by atoms with Crippen molar-refractivity contribution in [1.29, 1.82) is 0 Å². The Bertz CT molecular complexity index is 427. The minimum Gasteiger partial charge on any atom is -0.497 e. The first-order valence-electron chi connectivity index (χ1n) is 5.20. The van der Waals surface area contributed by atoms with Crippen LogP contribution in [0.3, 0.4) is 0 Å². The number of methoxy groups -OCH3 is 1. The molecule has 4 nitrogen and oxygen atoms in total. The van der Waals surface area contributed by atoms with Crippen LogP contribution in [-0.2, 0) is 9.05 Å². The van der Waals surface area contributed by atoms with E-state index in [1.807, 2.05) is 0 Å². The Morgan fingerprint density at radius 2 is 1.71 bits per heavy atom. The zero-order valence-corrected chi connectivity index (χ0v) is 11.1. The van der Waals surface area contributed by atoms with Crippen LogP contribution in [0.5, 0.6) is 11.5 Å². The highest BCUT2D eigenvalue weighted by atomic mass is 35.7. The molecule has 0 amide bonds. The molecule has 0 aliphatic heterocycles. The Morgan fingerprint density at radius 1 is 1.12 bits per heavy atom. The van der Waals surface area contributed by atoms with E-state index in [0.717, 1.165) is 11.5 Å². The summed E-state index contributed by atoms with van der Waals surface area (Å²) in [6, 6.07) is 7.21. The van der Waals surface area contributed by atoms with Crippen molar-refractivity contribution in [2.45, 2.75) is 12.8 Å². The van der Waals surface area contributed by atoms with Crippen molar-refractivity contribution in [3.8, 4) is 11.5 Å². The second-order valence-corrected chi connectivity index (χ2v) is 6.37. The van der Waals surface area contributed by atoms with E-state index in [4.69, 9.17) is 20.2 Å². The van der Waals surface area contributed by atoms with Gasteiger partial charge in [-0.05, 0) is 37.1 Å². The first-order valence-corrected chi connectivity index (χ1v) is 7.68. The average Bonchev–Trinajstić information content (AvgIpc) is 2.28. The maximum absolute atomic E-state index is 10.6. The fourth-order valence-electron chi connectivity index (χ4n) is 1.24. The van der Waals surface area contributed by atoms with Gasteiger partial charge in [0.05, 0.1) is 19.5 Å². The van der Waals surface area contributed by atoms with Crippen molar-refractivity contribution in [2.75, 3.05) is 19.5 Å². The largest absolute Gasteiger partial charge is 0.497 e. The Kier molecular flexibility index (Phi) is 5.58. The smallest absolute Gasteiger partial charge is 0.232 e. The Hall–Kier alpha value is -0.940. The molecule has 0 aromatic heterocycles. The van der Waals surface area contributed by atoms with Gasteiger partial charge >= 0.3 is 0 Å². The molecule has 17 heavy (non-hydrogen) atoms. The quantitative estimate of drug-likeness (QED) is 0.568. The van der Waals surface area contributed by atoms with Gasteiger partial charge < -0.3 is 9.47 Å². The lowest BCUT2D eigenvalue weighted by atomic mass is 10.3. The highest BCUT2D eigenvalue weighted by Crippen LogP contribution is 2.17. The maximum Gasteiger partial charge on any atom is 0.232 e. The summed E-state index contributed by atoms with van der Waals surface area (Å²) in [6.07, 6.45) is 1.15. The number of ether oxygens (including phenoxy) is 2. The van der Waals surface area contributed by atoms with Crippen LogP contribution in [0.25, 0.3) is 0 Å². The minimum absolute atomic E-state index is 0.0134.